The van der Waals surface area contributed by atoms with Crippen molar-refractivity contribution in [1.82, 2.24) is 9.80 Å². The molecular formula is C14H15BrN2O7. The topological polar surface area (TPSA) is 124 Å². The molecule has 130 valence electrons. The van der Waals surface area contributed by atoms with Gasteiger partial charge in [0.1, 0.15) is 12.8 Å². The Morgan fingerprint density at radius 2 is 2.00 bits per heavy atom. The van der Waals surface area contributed by atoms with E-state index >= 15 is 0 Å². The van der Waals surface area contributed by atoms with E-state index in [0.717, 1.165) is 15.9 Å². The van der Waals surface area contributed by atoms with Crippen molar-refractivity contribution in [3.63, 3.8) is 0 Å². The van der Waals surface area contributed by atoms with Crippen LogP contribution in [0.5, 0.6) is 0 Å². The van der Waals surface area contributed by atoms with Crippen molar-refractivity contribution in [2.24, 2.45) is 0 Å². The largest absolute Gasteiger partial charge is 0.480 e. The molecule has 2 N–H and O–H groups in total. The molecule has 10 heteroatoms. The number of ether oxygens (including phenoxy) is 1. The van der Waals surface area contributed by atoms with Gasteiger partial charge in [0.2, 0.25) is 0 Å². The molecule has 9 nitrogen and oxygen atoms in total. The number of carboxylic acid groups (broad SMARTS) is 1. The molecule has 0 radical (unpaired) electrons. The second-order valence-corrected chi connectivity index (χ2v) is 6.15. The Kier molecular flexibility index (Phi) is 5.52. The lowest BCUT2D eigenvalue weighted by atomic mass is 10.2. The van der Waals surface area contributed by atoms with E-state index in [4.69, 9.17) is 9.84 Å². The van der Waals surface area contributed by atoms with E-state index in [9.17, 15) is 24.3 Å². The third kappa shape index (κ3) is 3.89. The van der Waals surface area contributed by atoms with Gasteiger partial charge in [-0.3, -0.25) is 19.3 Å². The van der Waals surface area contributed by atoms with Crippen LogP contribution in [0.4, 0.5) is 0 Å². The van der Waals surface area contributed by atoms with E-state index in [1.54, 1.807) is 0 Å². The molecule has 2 atom stereocenters. The van der Waals surface area contributed by atoms with E-state index in [0.29, 0.717) is 5.57 Å². The Bertz CT molecular complexity index is 658. The average molecular weight is 403 g/mol. The fourth-order valence-corrected chi connectivity index (χ4v) is 2.76. The van der Waals surface area contributed by atoms with Crippen LogP contribution in [0, 0.1) is 0 Å². The Balaban J connectivity index is 2.08. The van der Waals surface area contributed by atoms with Crippen molar-refractivity contribution in [2.45, 2.75) is 19.3 Å². The molecule has 0 saturated carbocycles. The van der Waals surface area contributed by atoms with E-state index in [-0.39, 0.29) is 17.6 Å². The molecule has 2 aliphatic rings. The number of nitrogens with zero attached hydrogens (tertiary/aromatic N) is 2. The fourth-order valence-electron chi connectivity index (χ4n) is 2.35. The molecule has 0 aromatic rings. The first kappa shape index (κ1) is 18.3. The quantitative estimate of drug-likeness (QED) is 0.534. The SMILES string of the molecule is CC1=CC(O)N(CC(CN2C(=O)C=C(Br)C2=O)OCC(=O)O)C1=O. The highest BCUT2D eigenvalue weighted by Gasteiger charge is 2.35. The van der Waals surface area contributed by atoms with Gasteiger partial charge in [0.15, 0.2) is 0 Å². The number of aliphatic hydroxyl groups excluding tert-OH is 1. The van der Waals surface area contributed by atoms with E-state index < -0.39 is 42.6 Å². The maximum Gasteiger partial charge on any atom is 0.329 e. The maximum absolute atomic E-state index is 12.0. The molecule has 0 aromatic heterocycles. The molecule has 0 aliphatic carbocycles. The van der Waals surface area contributed by atoms with Gasteiger partial charge < -0.3 is 19.8 Å². The van der Waals surface area contributed by atoms with Crippen LogP contribution >= 0.6 is 15.9 Å². The predicted molar refractivity (Wildman–Crippen MR) is 82.6 cm³/mol. The summed E-state index contributed by atoms with van der Waals surface area (Å²) in [6.07, 6.45) is 0.320. The van der Waals surface area contributed by atoms with Crippen LogP contribution in [0.25, 0.3) is 0 Å². The molecule has 3 amide bonds. The van der Waals surface area contributed by atoms with Crippen molar-refractivity contribution < 1.29 is 34.1 Å². The lowest BCUT2D eigenvalue weighted by Crippen LogP contribution is -2.47. The predicted octanol–water partition coefficient (Wildman–Crippen LogP) is -0.789. The average Bonchev–Trinajstić information content (AvgIpc) is 2.87. The molecule has 2 rings (SSSR count). The number of hydrogen-bond donors (Lipinski definition) is 2. The Morgan fingerprint density at radius 3 is 2.46 bits per heavy atom. The monoisotopic (exact) mass is 402 g/mol. The summed E-state index contributed by atoms with van der Waals surface area (Å²) >= 11 is 2.95. The third-order valence-electron chi connectivity index (χ3n) is 3.51. The number of hydrogen-bond acceptors (Lipinski definition) is 6. The zero-order valence-corrected chi connectivity index (χ0v) is 14.2. The summed E-state index contributed by atoms with van der Waals surface area (Å²) in [6, 6.07) is 0. The first-order chi connectivity index (χ1) is 11.2. The zero-order chi connectivity index (χ0) is 18.0. The number of imide groups is 1. The van der Waals surface area contributed by atoms with Gasteiger partial charge in [0.25, 0.3) is 17.7 Å². The minimum atomic E-state index is -1.24. The summed E-state index contributed by atoms with van der Waals surface area (Å²) in [5.41, 5.74) is 0.345. The molecule has 0 spiro atoms. The number of carbonyl (C=O) groups is 4. The Labute approximate surface area is 145 Å². The Morgan fingerprint density at radius 1 is 1.33 bits per heavy atom. The molecular weight excluding hydrogens is 388 g/mol. The van der Waals surface area contributed by atoms with Gasteiger partial charge in [-0.1, -0.05) is 0 Å². The van der Waals surface area contributed by atoms with Crippen molar-refractivity contribution in [2.75, 3.05) is 19.7 Å². The number of amides is 3. The van der Waals surface area contributed by atoms with Crippen molar-refractivity contribution in [1.29, 1.82) is 0 Å². The number of aliphatic carboxylic acids is 1. The van der Waals surface area contributed by atoms with Gasteiger partial charge in [0.05, 0.1) is 23.7 Å². The third-order valence-corrected chi connectivity index (χ3v) is 4.08. The van der Waals surface area contributed by atoms with Crippen molar-refractivity contribution in [3.8, 4) is 0 Å². The first-order valence-electron chi connectivity index (χ1n) is 6.94. The molecule has 0 fully saturated rings. The molecule has 0 saturated heterocycles. The van der Waals surface area contributed by atoms with Crippen molar-refractivity contribution in [3.05, 3.63) is 22.2 Å². The second-order valence-electron chi connectivity index (χ2n) is 5.29. The van der Waals surface area contributed by atoms with Crippen LogP contribution in [0.3, 0.4) is 0 Å². The number of rotatable bonds is 7. The van der Waals surface area contributed by atoms with Gasteiger partial charge in [-0.15, -0.1) is 0 Å². The maximum atomic E-state index is 12.0. The van der Waals surface area contributed by atoms with E-state index in [2.05, 4.69) is 15.9 Å². The van der Waals surface area contributed by atoms with Crippen LogP contribution in [0.2, 0.25) is 0 Å². The van der Waals surface area contributed by atoms with Crippen LogP contribution in [-0.2, 0) is 23.9 Å². The van der Waals surface area contributed by atoms with Crippen LogP contribution in [0.15, 0.2) is 22.2 Å². The highest BCUT2D eigenvalue weighted by molar-refractivity contribution is 9.12. The van der Waals surface area contributed by atoms with Gasteiger partial charge in [-0.2, -0.15) is 0 Å². The second kappa shape index (κ2) is 7.24. The Hall–Kier alpha value is -2.04. The summed E-state index contributed by atoms with van der Waals surface area (Å²) in [6.45, 7) is 0.454. The number of carbonyl (C=O) groups excluding carboxylic acids is 3. The summed E-state index contributed by atoms with van der Waals surface area (Å²) < 4.78 is 5.26. The van der Waals surface area contributed by atoms with Crippen molar-refractivity contribution >= 4 is 39.6 Å². The first-order valence-corrected chi connectivity index (χ1v) is 7.74. The summed E-state index contributed by atoms with van der Waals surface area (Å²) in [5, 5.41) is 18.6. The van der Waals surface area contributed by atoms with Crippen LogP contribution in [-0.4, -0.2) is 75.7 Å². The molecule has 2 unspecified atom stereocenters. The zero-order valence-electron chi connectivity index (χ0n) is 12.6. The lowest BCUT2D eigenvalue weighted by Gasteiger charge is -2.28. The number of carboxylic acids is 1. The van der Waals surface area contributed by atoms with Crippen LogP contribution < -0.4 is 0 Å². The summed E-state index contributed by atoms with van der Waals surface area (Å²) in [5.74, 6) is -2.81. The molecule has 2 aliphatic heterocycles. The van der Waals surface area contributed by atoms with Gasteiger partial charge in [-0.05, 0) is 28.9 Å². The lowest BCUT2D eigenvalue weighted by molar-refractivity contribution is -0.148. The van der Waals surface area contributed by atoms with E-state index in [1.807, 2.05) is 0 Å². The molecule has 0 aromatic carbocycles. The summed E-state index contributed by atoms with van der Waals surface area (Å²) in [7, 11) is 0. The number of halogens is 1. The molecule has 0 bridgehead atoms. The summed E-state index contributed by atoms with van der Waals surface area (Å²) in [4.78, 5) is 48.3. The molecule has 24 heavy (non-hydrogen) atoms. The highest BCUT2D eigenvalue weighted by atomic mass is 79.9. The molecule has 2 heterocycles. The van der Waals surface area contributed by atoms with E-state index in [1.165, 1.54) is 13.0 Å². The minimum Gasteiger partial charge on any atom is -0.480 e. The van der Waals surface area contributed by atoms with Gasteiger partial charge in [0, 0.05) is 11.6 Å². The minimum absolute atomic E-state index is 0.0827. The highest BCUT2D eigenvalue weighted by Crippen LogP contribution is 2.21. The smallest absolute Gasteiger partial charge is 0.329 e. The van der Waals surface area contributed by atoms with Gasteiger partial charge in [-0.25, -0.2) is 4.79 Å². The number of aliphatic hydroxyl groups is 1. The van der Waals surface area contributed by atoms with Gasteiger partial charge >= 0.3 is 5.97 Å². The normalized spacial score (nSPS) is 22.1. The van der Waals surface area contributed by atoms with Crippen LogP contribution in [0.1, 0.15) is 6.92 Å². The fraction of sp³-hybridized carbons (Fsp3) is 0.429. The standard InChI is InChI=1S/C14H15BrN2O7/c1-7-2-10(18)16(13(7)22)4-8(24-6-12(20)21)5-17-11(19)3-9(15)14(17)23/h2-3,8,10,18H,4-6H2,1H3,(H,20,21).